The molecular weight excluding hydrogens is 522 g/mol. The molecule has 1 aliphatic heterocycles. The van der Waals surface area contributed by atoms with Gasteiger partial charge in [-0.15, -0.1) is 0 Å². The molecule has 1 heterocycles. The van der Waals surface area contributed by atoms with Crippen molar-refractivity contribution in [1.29, 1.82) is 0 Å². The molecule has 1 amide bonds. The van der Waals surface area contributed by atoms with E-state index in [9.17, 15) is 9.59 Å². The van der Waals surface area contributed by atoms with Gasteiger partial charge in [0.1, 0.15) is 0 Å². The SMILES string of the molecule is CN(Cc1ccccc1)Cc1ccc(N/C(=C2\C(=O)Nc3cc(Cl)ccc32)c2ccc(CCC(=O)O)cc2)cc1. The number of rotatable bonds is 10. The van der Waals surface area contributed by atoms with Crippen molar-refractivity contribution in [2.45, 2.75) is 25.9 Å². The molecule has 202 valence electrons. The number of halogens is 1. The Morgan fingerprint density at radius 1 is 0.875 bits per heavy atom. The lowest BCUT2D eigenvalue weighted by atomic mass is 9.98. The Morgan fingerprint density at radius 3 is 2.20 bits per heavy atom. The second-order valence-corrected chi connectivity index (χ2v) is 10.4. The minimum absolute atomic E-state index is 0.0645. The van der Waals surface area contributed by atoms with E-state index in [0.717, 1.165) is 35.5 Å². The van der Waals surface area contributed by atoms with E-state index in [1.54, 1.807) is 12.1 Å². The standard InChI is InChI=1S/C33H30ClN3O3/c1-37(20-23-5-3-2-4-6-23)21-24-9-15-27(16-10-24)35-32(25-12-7-22(8-13-25)11-18-30(38)39)31-28-17-14-26(34)19-29(28)36-33(31)40/h2-10,12-17,19,35H,11,18,20-21H2,1H3,(H,36,40)(H,38,39)/b32-31-. The number of anilines is 2. The number of nitrogens with zero attached hydrogens (tertiary/aromatic N) is 1. The van der Waals surface area contributed by atoms with Gasteiger partial charge in [0.2, 0.25) is 0 Å². The zero-order valence-electron chi connectivity index (χ0n) is 22.2. The molecule has 0 atom stereocenters. The summed E-state index contributed by atoms with van der Waals surface area (Å²) >= 11 is 6.18. The molecule has 0 saturated heterocycles. The van der Waals surface area contributed by atoms with Crippen LogP contribution in [-0.2, 0) is 29.1 Å². The maximum atomic E-state index is 13.2. The molecular formula is C33H30ClN3O3. The van der Waals surface area contributed by atoms with Crippen LogP contribution in [0.15, 0.2) is 97.1 Å². The van der Waals surface area contributed by atoms with Gasteiger partial charge in [-0.25, -0.2) is 0 Å². The highest BCUT2D eigenvalue weighted by molar-refractivity contribution is 6.38. The van der Waals surface area contributed by atoms with E-state index in [0.29, 0.717) is 28.4 Å². The minimum Gasteiger partial charge on any atom is -0.481 e. The summed E-state index contributed by atoms with van der Waals surface area (Å²) in [7, 11) is 2.10. The third-order valence-corrected chi connectivity index (χ3v) is 7.05. The van der Waals surface area contributed by atoms with E-state index in [1.807, 2.05) is 48.5 Å². The molecule has 7 heteroatoms. The molecule has 0 radical (unpaired) electrons. The largest absolute Gasteiger partial charge is 0.481 e. The monoisotopic (exact) mass is 551 g/mol. The normalized spacial score (nSPS) is 13.6. The number of aliphatic carboxylic acids is 1. The van der Waals surface area contributed by atoms with Crippen molar-refractivity contribution in [3.05, 3.63) is 130 Å². The number of fused-ring (bicyclic) bond motifs is 1. The molecule has 0 aromatic heterocycles. The second kappa shape index (κ2) is 12.2. The van der Waals surface area contributed by atoms with Crippen LogP contribution in [0.5, 0.6) is 0 Å². The number of carboxylic acid groups (broad SMARTS) is 1. The Morgan fingerprint density at radius 2 is 1.52 bits per heavy atom. The zero-order chi connectivity index (χ0) is 28.1. The molecule has 0 saturated carbocycles. The number of nitrogens with one attached hydrogen (secondary N) is 2. The van der Waals surface area contributed by atoms with Crippen LogP contribution >= 0.6 is 11.6 Å². The third-order valence-electron chi connectivity index (χ3n) is 6.82. The minimum atomic E-state index is -0.832. The number of hydrogen-bond acceptors (Lipinski definition) is 4. The summed E-state index contributed by atoms with van der Waals surface area (Å²) in [6.07, 6.45) is 0.506. The lowest BCUT2D eigenvalue weighted by Crippen LogP contribution is -2.17. The molecule has 4 aromatic carbocycles. The smallest absolute Gasteiger partial charge is 0.303 e. The summed E-state index contributed by atoms with van der Waals surface area (Å²) < 4.78 is 0. The van der Waals surface area contributed by atoms with Gasteiger partial charge >= 0.3 is 5.97 Å². The van der Waals surface area contributed by atoms with Crippen molar-refractivity contribution < 1.29 is 14.7 Å². The Bertz CT molecular complexity index is 1550. The fraction of sp³-hybridized carbons (Fsp3) is 0.152. The van der Waals surface area contributed by atoms with Gasteiger partial charge in [0, 0.05) is 35.8 Å². The summed E-state index contributed by atoms with van der Waals surface area (Å²) in [5.41, 5.74) is 7.66. The quantitative estimate of drug-likeness (QED) is 0.186. The van der Waals surface area contributed by atoms with Gasteiger partial charge < -0.3 is 15.7 Å². The van der Waals surface area contributed by atoms with Gasteiger partial charge in [-0.1, -0.05) is 84.4 Å². The van der Waals surface area contributed by atoms with Crippen molar-refractivity contribution in [3.8, 4) is 0 Å². The van der Waals surface area contributed by atoms with Crippen molar-refractivity contribution in [2.24, 2.45) is 0 Å². The highest BCUT2D eigenvalue weighted by Crippen LogP contribution is 2.39. The first kappa shape index (κ1) is 27.2. The second-order valence-electron chi connectivity index (χ2n) is 9.96. The molecule has 0 bridgehead atoms. The van der Waals surface area contributed by atoms with Crippen LogP contribution in [0.2, 0.25) is 5.02 Å². The first-order chi connectivity index (χ1) is 19.4. The number of aryl methyl sites for hydroxylation is 1. The maximum Gasteiger partial charge on any atom is 0.303 e. The first-order valence-corrected chi connectivity index (χ1v) is 13.5. The highest BCUT2D eigenvalue weighted by atomic mass is 35.5. The van der Waals surface area contributed by atoms with Gasteiger partial charge in [0.25, 0.3) is 5.91 Å². The van der Waals surface area contributed by atoms with Crippen molar-refractivity contribution in [1.82, 2.24) is 4.90 Å². The Kier molecular flexibility index (Phi) is 8.29. The fourth-order valence-corrected chi connectivity index (χ4v) is 5.03. The lowest BCUT2D eigenvalue weighted by molar-refractivity contribution is -0.137. The highest BCUT2D eigenvalue weighted by Gasteiger charge is 2.28. The Hall–Kier alpha value is -4.39. The van der Waals surface area contributed by atoms with Gasteiger partial charge in [-0.3, -0.25) is 14.5 Å². The first-order valence-electron chi connectivity index (χ1n) is 13.1. The molecule has 0 spiro atoms. The summed E-state index contributed by atoms with van der Waals surface area (Å²) in [6, 6.07) is 31.6. The van der Waals surface area contributed by atoms with E-state index >= 15 is 0 Å². The molecule has 0 fully saturated rings. The number of carbonyl (C=O) groups is 2. The number of hydrogen-bond donors (Lipinski definition) is 3. The molecule has 4 aromatic rings. The fourth-order valence-electron chi connectivity index (χ4n) is 4.86. The number of benzene rings is 4. The van der Waals surface area contributed by atoms with E-state index < -0.39 is 5.97 Å². The third kappa shape index (κ3) is 6.60. The van der Waals surface area contributed by atoms with Crippen LogP contribution in [0.25, 0.3) is 11.3 Å². The topological polar surface area (TPSA) is 81.7 Å². The summed E-state index contributed by atoms with van der Waals surface area (Å²) in [5.74, 6) is -1.05. The van der Waals surface area contributed by atoms with Crippen LogP contribution in [0.1, 0.15) is 34.2 Å². The predicted molar refractivity (Wildman–Crippen MR) is 161 cm³/mol. The van der Waals surface area contributed by atoms with Crippen LogP contribution < -0.4 is 10.6 Å². The summed E-state index contributed by atoms with van der Waals surface area (Å²) in [6.45, 7) is 1.66. The van der Waals surface area contributed by atoms with Crippen molar-refractivity contribution >= 4 is 46.1 Å². The van der Waals surface area contributed by atoms with Crippen molar-refractivity contribution in [3.63, 3.8) is 0 Å². The maximum absolute atomic E-state index is 13.2. The molecule has 3 N–H and O–H groups in total. The van der Waals surface area contributed by atoms with Crippen LogP contribution in [0.3, 0.4) is 0 Å². The average molecular weight is 552 g/mol. The summed E-state index contributed by atoms with van der Waals surface area (Å²) in [4.78, 5) is 26.5. The lowest BCUT2D eigenvalue weighted by Gasteiger charge is -2.18. The number of carbonyl (C=O) groups excluding carboxylic acids is 1. The predicted octanol–water partition coefficient (Wildman–Crippen LogP) is 6.92. The van der Waals surface area contributed by atoms with Crippen LogP contribution in [-0.4, -0.2) is 28.9 Å². The van der Waals surface area contributed by atoms with Gasteiger partial charge in [0.15, 0.2) is 0 Å². The molecule has 6 nitrogen and oxygen atoms in total. The van der Waals surface area contributed by atoms with Crippen LogP contribution in [0, 0.1) is 0 Å². The van der Waals surface area contributed by atoms with Gasteiger partial charge in [-0.05, 0) is 60.0 Å². The van der Waals surface area contributed by atoms with Crippen LogP contribution in [0.4, 0.5) is 11.4 Å². The Balaban J connectivity index is 1.41. The molecule has 40 heavy (non-hydrogen) atoms. The zero-order valence-corrected chi connectivity index (χ0v) is 22.9. The van der Waals surface area contributed by atoms with Crippen molar-refractivity contribution in [2.75, 3.05) is 17.7 Å². The average Bonchev–Trinajstić information content (AvgIpc) is 3.26. The molecule has 0 aliphatic carbocycles. The molecule has 1 aliphatic rings. The van der Waals surface area contributed by atoms with Gasteiger partial charge in [-0.2, -0.15) is 0 Å². The Labute approximate surface area is 238 Å². The van der Waals surface area contributed by atoms with E-state index in [4.69, 9.17) is 16.7 Å². The molecule has 0 unspecified atom stereocenters. The number of carboxylic acids is 1. The van der Waals surface area contributed by atoms with E-state index in [1.165, 1.54) is 11.1 Å². The van der Waals surface area contributed by atoms with E-state index in [-0.39, 0.29) is 12.3 Å². The number of amides is 1. The van der Waals surface area contributed by atoms with Gasteiger partial charge in [0.05, 0.1) is 17.0 Å². The summed E-state index contributed by atoms with van der Waals surface area (Å²) in [5, 5.41) is 16.0. The van der Waals surface area contributed by atoms with E-state index in [2.05, 4.69) is 59.0 Å². The molecule has 5 rings (SSSR count).